The van der Waals surface area contributed by atoms with Crippen LogP contribution in [0.1, 0.15) is 42.6 Å². The van der Waals surface area contributed by atoms with Crippen LogP contribution in [-0.4, -0.2) is 61.6 Å². The normalized spacial score (nSPS) is 16.7. The molecule has 124 valence electrons. The molecule has 2 aromatic heterocycles. The van der Waals surface area contributed by atoms with Gasteiger partial charge in [0.15, 0.2) is 0 Å². The first-order chi connectivity index (χ1) is 11.1. The first kappa shape index (κ1) is 15.7. The maximum absolute atomic E-state index is 12.4. The molecule has 1 amide bonds. The van der Waals surface area contributed by atoms with E-state index in [-0.39, 0.29) is 5.91 Å². The van der Waals surface area contributed by atoms with Gasteiger partial charge in [0.1, 0.15) is 11.5 Å². The molecule has 0 radical (unpaired) electrons. The molecule has 0 spiro atoms. The monoisotopic (exact) mass is 316 g/mol. The Kier molecular flexibility index (Phi) is 4.76. The molecular weight excluding hydrogens is 292 g/mol. The Balaban J connectivity index is 1.60. The van der Waals surface area contributed by atoms with E-state index >= 15 is 0 Å². The molecule has 0 atom stereocenters. The summed E-state index contributed by atoms with van der Waals surface area (Å²) in [6, 6.07) is 2.14. The van der Waals surface area contributed by atoms with Gasteiger partial charge in [0.25, 0.3) is 5.91 Å². The van der Waals surface area contributed by atoms with Crippen molar-refractivity contribution in [1.29, 1.82) is 0 Å². The van der Waals surface area contributed by atoms with Crippen LogP contribution in [0.2, 0.25) is 0 Å². The largest absolute Gasteiger partial charge is 0.336 e. The van der Waals surface area contributed by atoms with Crippen molar-refractivity contribution < 1.29 is 4.79 Å². The first-order valence-electron chi connectivity index (χ1n) is 8.18. The van der Waals surface area contributed by atoms with Crippen molar-refractivity contribution in [3.05, 3.63) is 36.2 Å². The summed E-state index contributed by atoms with van der Waals surface area (Å²) in [7, 11) is 0. The molecular formula is C16H24N6O. The summed E-state index contributed by atoms with van der Waals surface area (Å²) < 4.78 is 2.21. The fourth-order valence-corrected chi connectivity index (χ4v) is 3.01. The van der Waals surface area contributed by atoms with Crippen LogP contribution in [0, 0.1) is 0 Å². The minimum absolute atomic E-state index is 0.0352. The number of nitrogens with one attached hydrogen (secondary N) is 1. The van der Waals surface area contributed by atoms with Gasteiger partial charge >= 0.3 is 0 Å². The average molecular weight is 316 g/mol. The molecule has 0 saturated carbocycles. The van der Waals surface area contributed by atoms with Crippen molar-refractivity contribution in [1.82, 2.24) is 29.5 Å². The van der Waals surface area contributed by atoms with Gasteiger partial charge < -0.3 is 9.47 Å². The van der Waals surface area contributed by atoms with Crippen molar-refractivity contribution in [2.45, 2.75) is 32.9 Å². The minimum Gasteiger partial charge on any atom is -0.336 e. The number of carbonyl (C=O) groups excluding carboxylic acids is 1. The summed E-state index contributed by atoms with van der Waals surface area (Å²) in [6.45, 7) is 8.53. The van der Waals surface area contributed by atoms with Crippen LogP contribution in [0.25, 0.3) is 0 Å². The van der Waals surface area contributed by atoms with Gasteiger partial charge in [-0.25, -0.2) is 4.98 Å². The smallest absolute Gasteiger partial charge is 0.271 e. The van der Waals surface area contributed by atoms with Gasteiger partial charge in [0.05, 0.1) is 6.54 Å². The number of amides is 1. The third-order valence-electron chi connectivity index (χ3n) is 4.28. The topological polar surface area (TPSA) is 70.1 Å². The van der Waals surface area contributed by atoms with Crippen LogP contribution in [-0.2, 0) is 6.54 Å². The van der Waals surface area contributed by atoms with Gasteiger partial charge in [0, 0.05) is 50.8 Å². The second-order valence-electron chi connectivity index (χ2n) is 6.24. The average Bonchev–Trinajstić information content (AvgIpc) is 3.16. The number of imidazole rings is 1. The van der Waals surface area contributed by atoms with E-state index in [0.29, 0.717) is 11.7 Å². The molecule has 1 aliphatic heterocycles. The van der Waals surface area contributed by atoms with Crippen molar-refractivity contribution in [3.8, 4) is 0 Å². The molecule has 7 nitrogen and oxygen atoms in total. The lowest BCUT2D eigenvalue weighted by molar-refractivity contribution is 0.0755. The standard InChI is InChI=1S/C16H24N6O/c1-13(2)22-9-6-17-15(22)12-20-7-3-8-21(11-10-20)16(23)14-4-5-18-19-14/h4-6,9,13H,3,7-8,10-12H2,1-2H3,(H,18,19). The van der Waals surface area contributed by atoms with Crippen molar-refractivity contribution in [2.75, 3.05) is 26.2 Å². The molecule has 1 saturated heterocycles. The van der Waals surface area contributed by atoms with Crippen LogP contribution in [0.5, 0.6) is 0 Å². The summed E-state index contributed by atoms with van der Waals surface area (Å²) in [5, 5.41) is 6.61. The Labute approximate surface area is 136 Å². The summed E-state index contributed by atoms with van der Waals surface area (Å²) in [5.74, 6) is 1.13. The highest BCUT2D eigenvalue weighted by Crippen LogP contribution is 2.13. The van der Waals surface area contributed by atoms with E-state index in [0.717, 1.165) is 45.0 Å². The fraction of sp³-hybridized carbons (Fsp3) is 0.562. The van der Waals surface area contributed by atoms with Crippen LogP contribution in [0.3, 0.4) is 0 Å². The summed E-state index contributed by atoms with van der Waals surface area (Å²) in [6.07, 6.45) is 6.48. The van der Waals surface area contributed by atoms with E-state index in [1.165, 1.54) is 0 Å². The molecule has 1 fully saturated rings. The maximum atomic E-state index is 12.4. The number of nitrogens with zero attached hydrogens (tertiary/aromatic N) is 5. The number of carbonyl (C=O) groups is 1. The molecule has 1 aliphatic rings. The second kappa shape index (κ2) is 6.95. The Morgan fingerprint density at radius 1 is 1.26 bits per heavy atom. The fourth-order valence-electron chi connectivity index (χ4n) is 3.01. The first-order valence-corrected chi connectivity index (χ1v) is 8.18. The van der Waals surface area contributed by atoms with E-state index in [9.17, 15) is 4.79 Å². The van der Waals surface area contributed by atoms with E-state index in [1.54, 1.807) is 12.3 Å². The molecule has 7 heteroatoms. The quantitative estimate of drug-likeness (QED) is 0.929. The Morgan fingerprint density at radius 2 is 2.13 bits per heavy atom. The predicted octanol–water partition coefficient (Wildman–Crippen LogP) is 1.54. The highest BCUT2D eigenvalue weighted by Gasteiger charge is 2.22. The van der Waals surface area contributed by atoms with Crippen LogP contribution < -0.4 is 0 Å². The SMILES string of the molecule is CC(C)n1ccnc1CN1CCCN(C(=O)c2ccn[nH]2)CC1. The summed E-state index contributed by atoms with van der Waals surface area (Å²) in [4.78, 5) is 21.2. The molecule has 0 aliphatic carbocycles. The number of aromatic amines is 1. The number of aromatic nitrogens is 4. The minimum atomic E-state index is 0.0352. The number of hydrogen-bond donors (Lipinski definition) is 1. The molecule has 23 heavy (non-hydrogen) atoms. The Bertz CT molecular complexity index is 633. The lowest BCUT2D eigenvalue weighted by atomic mass is 10.3. The highest BCUT2D eigenvalue weighted by molar-refractivity contribution is 5.92. The van der Waals surface area contributed by atoms with Gasteiger partial charge in [-0.3, -0.25) is 14.8 Å². The van der Waals surface area contributed by atoms with Crippen molar-refractivity contribution >= 4 is 5.91 Å². The van der Waals surface area contributed by atoms with Gasteiger partial charge in [-0.15, -0.1) is 0 Å². The number of rotatable bonds is 4. The molecule has 3 heterocycles. The van der Waals surface area contributed by atoms with E-state index in [1.807, 2.05) is 17.3 Å². The number of hydrogen-bond acceptors (Lipinski definition) is 4. The molecule has 2 aromatic rings. The Morgan fingerprint density at radius 3 is 2.87 bits per heavy atom. The van der Waals surface area contributed by atoms with E-state index in [2.05, 4.69) is 38.5 Å². The second-order valence-corrected chi connectivity index (χ2v) is 6.24. The highest BCUT2D eigenvalue weighted by atomic mass is 16.2. The van der Waals surface area contributed by atoms with Crippen LogP contribution in [0.15, 0.2) is 24.7 Å². The molecule has 0 unspecified atom stereocenters. The van der Waals surface area contributed by atoms with Gasteiger partial charge in [-0.1, -0.05) is 0 Å². The Hall–Kier alpha value is -2.15. The molecule has 1 N–H and O–H groups in total. The van der Waals surface area contributed by atoms with Crippen molar-refractivity contribution in [2.24, 2.45) is 0 Å². The van der Waals surface area contributed by atoms with Crippen LogP contribution >= 0.6 is 0 Å². The van der Waals surface area contributed by atoms with Gasteiger partial charge in [-0.05, 0) is 26.3 Å². The van der Waals surface area contributed by atoms with Crippen LogP contribution in [0.4, 0.5) is 0 Å². The van der Waals surface area contributed by atoms with Crippen molar-refractivity contribution in [3.63, 3.8) is 0 Å². The third kappa shape index (κ3) is 3.61. The zero-order chi connectivity index (χ0) is 16.2. The summed E-state index contributed by atoms with van der Waals surface area (Å²) >= 11 is 0. The van der Waals surface area contributed by atoms with Gasteiger partial charge in [-0.2, -0.15) is 5.10 Å². The molecule has 3 rings (SSSR count). The predicted molar refractivity (Wildman–Crippen MR) is 87.0 cm³/mol. The lowest BCUT2D eigenvalue weighted by Gasteiger charge is -2.22. The zero-order valence-electron chi connectivity index (χ0n) is 13.8. The lowest BCUT2D eigenvalue weighted by Crippen LogP contribution is -2.35. The van der Waals surface area contributed by atoms with E-state index in [4.69, 9.17) is 0 Å². The molecule has 0 bridgehead atoms. The zero-order valence-corrected chi connectivity index (χ0v) is 13.8. The maximum Gasteiger partial charge on any atom is 0.271 e. The molecule has 0 aromatic carbocycles. The van der Waals surface area contributed by atoms with E-state index < -0.39 is 0 Å². The number of H-pyrrole nitrogens is 1. The van der Waals surface area contributed by atoms with Gasteiger partial charge in [0.2, 0.25) is 0 Å². The third-order valence-corrected chi connectivity index (χ3v) is 4.28. The summed E-state index contributed by atoms with van der Waals surface area (Å²) in [5.41, 5.74) is 0.564.